The first kappa shape index (κ1) is 9.50. The summed E-state index contributed by atoms with van der Waals surface area (Å²) in [5.74, 6) is 0.720. The lowest BCUT2D eigenvalue weighted by Crippen LogP contribution is -2.10. The molecular formula is C11H18O. The molecule has 0 heterocycles. The summed E-state index contributed by atoms with van der Waals surface area (Å²) in [4.78, 5) is 11.2. The van der Waals surface area contributed by atoms with Gasteiger partial charge in [0.2, 0.25) is 0 Å². The molecule has 1 unspecified atom stereocenters. The van der Waals surface area contributed by atoms with Crippen LogP contribution in [0.15, 0.2) is 12.2 Å². The van der Waals surface area contributed by atoms with E-state index in [9.17, 15) is 4.79 Å². The number of ketones is 1. The Hall–Kier alpha value is -0.590. The third kappa shape index (κ3) is 3.21. The highest BCUT2D eigenvalue weighted by Crippen LogP contribution is 2.19. The van der Waals surface area contributed by atoms with E-state index in [-0.39, 0.29) is 0 Å². The maximum Gasteiger partial charge on any atom is 0.132 e. The predicted octanol–water partition coefficient (Wildman–Crippen LogP) is 3.10. The lowest BCUT2D eigenvalue weighted by Gasteiger charge is -2.10. The molecule has 0 aromatic heterocycles. The smallest absolute Gasteiger partial charge is 0.132 e. The highest BCUT2D eigenvalue weighted by atomic mass is 16.1. The van der Waals surface area contributed by atoms with Gasteiger partial charge < -0.3 is 0 Å². The zero-order valence-corrected chi connectivity index (χ0v) is 7.88. The molecule has 0 saturated carbocycles. The van der Waals surface area contributed by atoms with Crippen LogP contribution in [0.2, 0.25) is 0 Å². The molecule has 0 bridgehead atoms. The Morgan fingerprint density at radius 1 is 1.17 bits per heavy atom. The van der Waals surface area contributed by atoms with Gasteiger partial charge in [-0.2, -0.15) is 0 Å². The minimum Gasteiger partial charge on any atom is -0.300 e. The van der Waals surface area contributed by atoms with Crippen molar-refractivity contribution < 1.29 is 4.79 Å². The molecule has 0 amide bonds. The van der Waals surface area contributed by atoms with Crippen molar-refractivity contribution in [3.05, 3.63) is 12.2 Å². The van der Waals surface area contributed by atoms with E-state index < -0.39 is 0 Å². The van der Waals surface area contributed by atoms with E-state index in [1.165, 1.54) is 19.3 Å². The fourth-order valence-electron chi connectivity index (χ4n) is 1.74. The molecule has 1 atom stereocenters. The average Bonchev–Trinajstić information content (AvgIpc) is 2.15. The minimum atomic E-state index is 0.341. The number of hydrogen-bond acceptors (Lipinski definition) is 1. The lowest BCUT2D eigenvalue weighted by molar-refractivity contribution is -0.121. The van der Waals surface area contributed by atoms with Crippen LogP contribution < -0.4 is 0 Å². The van der Waals surface area contributed by atoms with Crippen molar-refractivity contribution in [2.24, 2.45) is 5.92 Å². The van der Waals surface area contributed by atoms with Gasteiger partial charge in [0.1, 0.15) is 5.78 Å². The Morgan fingerprint density at radius 3 is 2.67 bits per heavy atom. The molecule has 0 radical (unpaired) electrons. The molecule has 1 aliphatic carbocycles. The summed E-state index contributed by atoms with van der Waals surface area (Å²) in [6, 6.07) is 0. The molecule has 1 nitrogen and oxygen atoms in total. The normalized spacial score (nSPS) is 25.6. The third-order valence-corrected chi connectivity index (χ3v) is 2.60. The summed E-state index contributed by atoms with van der Waals surface area (Å²) in [6.07, 6.45) is 11.4. The van der Waals surface area contributed by atoms with Crippen LogP contribution in [0.3, 0.4) is 0 Å². The Labute approximate surface area is 74.9 Å². The van der Waals surface area contributed by atoms with Crippen LogP contribution in [-0.2, 0) is 4.79 Å². The van der Waals surface area contributed by atoms with Gasteiger partial charge >= 0.3 is 0 Å². The Balaban J connectivity index is 2.41. The summed E-state index contributed by atoms with van der Waals surface area (Å²) >= 11 is 0. The van der Waals surface area contributed by atoms with E-state index in [0.29, 0.717) is 11.7 Å². The first-order valence-corrected chi connectivity index (χ1v) is 4.96. The maximum atomic E-state index is 11.2. The summed E-state index contributed by atoms with van der Waals surface area (Å²) in [7, 11) is 0. The number of rotatable bonds is 1. The van der Waals surface area contributed by atoms with Crippen LogP contribution in [0.1, 0.15) is 45.4 Å². The number of allylic oxidation sites excluding steroid dienone is 2. The fourth-order valence-corrected chi connectivity index (χ4v) is 1.74. The highest BCUT2D eigenvalue weighted by Gasteiger charge is 2.12. The SMILES string of the molecule is CC(=O)C1CCC=CCCCC1. The molecule has 1 aliphatic rings. The van der Waals surface area contributed by atoms with E-state index in [4.69, 9.17) is 0 Å². The molecule has 68 valence electrons. The van der Waals surface area contributed by atoms with Gasteiger partial charge in [-0.05, 0) is 39.0 Å². The van der Waals surface area contributed by atoms with Crippen molar-refractivity contribution in [2.75, 3.05) is 0 Å². The fraction of sp³-hybridized carbons (Fsp3) is 0.727. The first-order chi connectivity index (χ1) is 5.80. The monoisotopic (exact) mass is 166 g/mol. The van der Waals surface area contributed by atoms with Crippen LogP contribution in [0, 0.1) is 5.92 Å². The molecule has 1 heteroatoms. The molecule has 0 aromatic rings. The minimum absolute atomic E-state index is 0.341. The number of hydrogen-bond donors (Lipinski definition) is 0. The molecule has 0 aliphatic heterocycles. The Kier molecular flexibility index (Phi) is 4.06. The summed E-state index contributed by atoms with van der Waals surface area (Å²) in [6.45, 7) is 1.73. The second-order valence-electron chi connectivity index (χ2n) is 3.64. The van der Waals surface area contributed by atoms with E-state index in [2.05, 4.69) is 12.2 Å². The van der Waals surface area contributed by atoms with Crippen molar-refractivity contribution in [3.63, 3.8) is 0 Å². The number of carbonyl (C=O) groups is 1. The van der Waals surface area contributed by atoms with Gasteiger partial charge in [0.05, 0.1) is 0 Å². The Morgan fingerprint density at radius 2 is 1.92 bits per heavy atom. The highest BCUT2D eigenvalue weighted by molar-refractivity contribution is 5.78. The molecule has 0 spiro atoms. The van der Waals surface area contributed by atoms with Gasteiger partial charge in [0.25, 0.3) is 0 Å². The van der Waals surface area contributed by atoms with E-state index in [1.54, 1.807) is 6.92 Å². The van der Waals surface area contributed by atoms with E-state index >= 15 is 0 Å². The summed E-state index contributed by atoms with van der Waals surface area (Å²) in [5.41, 5.74) is 0. The van der Waals surface area contributed by atoms with Crippen molar-refractivity contribution in [1.82, 2.24) is 0 Å². The molecule has 0 saturated heterocycles. The summed E-state index contributed by atoms with van der Waals surface area (Å²) in [5, 5.41) is 0. The van der Waals surface area contributed by atoms with E-state index in [0.717, 1.165) is 19.3 Å². The van der Waals surface area contributed by atoms with Gasteiger partial charge in [-0.1, -0.05) is 18.6 Å². The second kappa shape index (κ2) is 5.13. The molecular weight excluding hydrogens is 148 g/mol. The van der Waals surface area contributed by atoms with Gasteiger partial charge in [-0.15, -0.1) is 0 Å². The average molecular weight is 166 g/mol. The first-order valence-electron chi connectivity index (χ1n) is 4.96. The summed E-state index contributed by atoms with van der Waals surface area (Å²) < 4.78 is 0. The maximum absolute atomic E-state index is 11.2. The zero-order valence-electron chi connectivity index (χ0n) is 7.88. The predicted molar refractivity (Wildman–Crippen MR) is 51.0 cm³/mol. The van der Waals surface area contributed by atoms with Gasteiger partial charge in [-0.25, -0.2) is 0 Å². The molecule has 0 fully saturated rings. The van der Waals surface area contributed by atoms with E-state index in [1.807, 2.05) is 0 Å². The third-order valence-electron chi connectivity index (χ3n) is 2.60. The number of Topliss-reactive ketones (excluding diaryl/α,β-unsaturated/α-hetero) is 1. The number of carbonyl (C=O) groups excluding carboxylic acids is 1. The topological polar surface area (TPSA) is 17.1 Å². The van der Waals surface area contributed by atoms with Gasteiger partial charge in [0.15, 0.2) is 0 Å². The van der Waals surface area contributed by atoms with Crippen molar-refractivity contribution in [1.29, 1.82) is 0 Å². The van der Waals surface area contributed by atoms with Gasteiger partial charge in [-0.3, -0.25) is 4.79 Å². The van der Waals surface area contributed by atoms with Crippen LogP contribution in [0.4, 0.5) is 0 Å². The second-order valence-corrected chi connectivity index (χ2v) is 3.64. The van der Waals surface area contributed by atoms with Crippen LogP contribution >= 0.6 is 0 Å². The van der Waals surface area contributed by atoms with Crippen LogP contribution in [0.5, 0.6) is 0 Å². The van der Waals surface area contributed by atoms with Crippen LogP contribution in [0.25, 0.3) is 0 Å². The molecule has 0 N–H and O–H groups in total. The van der Waals surface area contributed by atoms with Crippen molar-refractivity contribution in [2.45, 2.75) is 45.4 Å². The standard InChI is InChI=1S/C11H18O/c1-10(12)11-8-6-4-2-3-5-7-9-11/h2,4,11H,3,5-9H2,1H3. The molecule has 1 rings (SSSR count). The molecule has 12 heavy (non-hydrogen) atoms. The van der Waals surface area contributed by atoms with Crippen LogP contribution in [-0.4, -0.2) is 5.78 Å². The largest absolute Gasteiger partial charge is 0.300 e. The molecule has 0 aromatic carbocycles. The zero-order chi connectivity index (χ0) is 8.81. The quantitative estimate of drug-likeness (QED) is 0.547. The van der Waals surface area contributed by atoms with Gasteiger partial charge in [0, 0.05) is 5.92 Å². The van der Waals surface area contributed by atoms with Crippen molar-refractivity contribution >= 4 is 5.78 Å². The Bertz CT molecular complexity index is 170. The van der Waals surface area contributed by atoms with Crippen molar-refractivity contribution in [3.8, 4) is 0 Å². The lowest BCUT2D eigenvalue weighted by atomic mass is 9.94.